The Hall–Kier alpha value is -3.18. The molecule has 0 saturated carbocycles. The highest BCUT2D eigenvalue weighted by atomic mass is 16.6. The van der Waals surface area contributed by atoms with E-state index in [0.717, 1.165) is 96.3 Å². The molecule has 0 bridgehead atoms. The van der Waals surface area contributed by atoms with E-state index in [-0.39, 0.29) is 25.2 Å². The van der Waals surface area contributed by atoms with Crippen LogP contribution in [0.4, 0.5) is 0 Å². The van der Waals surface area contributed by atoms with E-state index >= 15 is 0 Å². The van der Waals surface area contributed by atoms with Gasteiger partial charge in [-0.2, -0.15) is 0 Å². The predicted octanol–water partition coefficient (Wildman–Crippen LogP) is 22.1. The van der Waals surface area contributed by atoms with E-state index in [9.17, 15) is 9.59 Å². The molecule has 0 aromatic rings. The van der Waals surface area contributed by atoms with E-state index in [1.54, 1.807) is 0 Å². The zero-order chi connectivity index (χ0) is 53.4. The molecule has 1 unspecified atom stereocenters. The van der Waals surface area contributed by atoms with Crippen molar-refractivity contribution in [2.45, 2.75) is 309 Å². The molecule has 5 heteroatoms. The second kappa shape index (κ2) is 64.1. The lowest BCUT2D eigenvalue weighted by atomic mass is 10.1. The highest BCUT2D eigenvalue weighted by Gasteiger charge is 2.17. The van der Waals surface area contributed by atoms with Gasteiger partial charge in [-0.05, 0) is 122 Å². The lowest BCUT2D eigenvalue weighted by Crippen LogP contribution is -2.30. The largest absolute Gasteiger partial charge is 0.462 e. The van der Waals surface area contributed by atoms with Crippen LogP contribution >= 0.6 is 0 Å². The lowest BCUT2D eigenvalue weighted by Gasteiger charge is -2.18. The summed E-state index contributed by atoms with van der Waals surface area (Å²) in [7, 11) is 0. The molecule has 74 heavy (non-hydrogen) atoms. The highest BCUT2D eigenvalue weighted by Crippen LogP contribution is 2.15. The number of hydrogen-bond acceptors (Lipinski definition) is 5. The van der Waals surface area contributed by atoms with Crippen molar-refractivity contribution in [1.29, 1.82) is 0 Å². The van der Waals surface area contributed by atoms with Crippen LogP contribution in [0.3, 0.4) is 0 Å². The normalized spacial score (nSPS) is 12.9. The summed E-state index contributed by atoms with van der Waals surface area (Å²) in [5.74, 6) is -0.414. The van der Waals surface area contributed by atoms with Gasteiger partial charge >= 0.3 is 11.9 Å². The summed E-state index contributed by atoms with van der Waals surface area (Å²) in [6, 6.07) is 0. The first-order chi connectivity index (χ1) is 36.6. The second-order valence-corrected chi connectivity index (χ2v) is 20.9. The lowest BCUT2D eigenvalue weighted by molar-refractivity contribution is -0.163. The predicted molar refractivity (Wildman–Crippen MR) is 325 cm³/mol. The van der Waals surface area contributed by atoms with Crippen LogP contribution in [0, 0.1) is 0 Å². The summed E-state index contributed by atoms with van der Waals surface area (Å²) in [6.07, 6.45) is 87.2. The van der Waals surface area contributed by atoms with Gasteiger partial charge in [-0.25, -0.2) is 0 Å². The number of allylic oxidation sites excluding steroid dienone is 16. The van der Waals surface area contributed by atoms with Crippen molar-refractivity contribution in [2.75, 3.05) is 19.8 Å². The van der Waals surface area contributed by atoms with Crippen molar-refractivity contribution in [1.82, 2.24) is 0 Å². The van der Waals surface area contributed by atoms with Crippen LogP contribution in [-0.4, -0.2) is 37.9 Å². The molecular formula is C69H120O5. The summed E-state index contributed by atoms with van der Waals surface area (Å²) < 4.78 is 17.5. The fraction of sp³-hybridized carbons (Fsp3) is 0.739. The van der Waals surface area contributed by atoms with Crippen molar-refractivity contribution in [3.63, 3.8) is 0 Å². The summed E-state index contributed by atoms with van der Waals surface area (Å²) in [6.45, 7) is 7.68. The summed E-state index contributed by atoms with van der Waals surface area (Å²) >= 11 is 0. The van der Waals surface area contributed by atoms with Crippen LogP contribution in [0.5, 0.6) is 0 Å². The quantitative estimate of drug-likeness (QED) is 0.0345. The summed E-state index contributed by atoms with van der Waals surface area (Å²) in [4.78, 5) is 25.6. The van der Waals surface area contributed by atoms with E-state index in [2.05, 4.69) is 118 Å². The molecule has 0 spiro atoms. The zero-order valence-corrected chi connectivity index (χ0v) is 49.1. The number of carbonyl (C=O) groups is 2. The Morgan fingerprint density at radius 3 is 1.01 bits per heavy atom. The van der Waals surface area contributed by atoms with Gasteiger partial charge in [-0.1, -0.05) is 266 Å². The number of rotatable bonds is 58. The van der Waals surface area contributed by atoms with Crippen LogP contribution in [0.15, 0.2) is 97.2 Å². The summed E-state index contributed by atoms with van der Waals surface area (Å²) in [5.41, 5.74) is 0. The van der Waals surface area contributed by atoms with Gasteiger partial charge in [0, 0.05) is 19.4 Å². The Bertz CT molecular complexity index is 1400. The van der Waals surface area contributed by atoms with E-state index in [0.29, 0.717) is 19.4 Å². The van der Waals surface area contributed by atoms with Crippen molar-refractivity contribution in [3.8, 4) is 0 Å². The van der Waals surface area contributed by atoms with Gasteiger partial charge < -0.3 is 14.2 Å². The van der Waals surface area contributed by atoms with Crippen molar-refractivity contribution in [3.05, 3.63) is 97.2 Å². The van der Waals surface area contributed by atoms with Gasteiger partial charge in [-0.3, -0.25) is 9.59 Å². The molecule has 0 rings (SSSR count). The topological polar surface area (TPSA) is 61.8 Å². The molecule has 0 N–H and O–H groups in total. The van der Waals surface area contributed by atoms with Crippen LogP contribution < -0.4 is 0 Å². The Morgan fingerprint density at radius 2 is 0.608 bits per heavy atom. The number of hydrogen-bond donors (Lipinski definition) is 0. The minimum Gasteiger partial charge on any atom is -0.462 e. The van der Waals surface area contributed by atoms with Gasteiger partial charge in [-0.15, -0.1) is 0 Å². The van der Waals surface area contributed by atoms with Gasteiger partial charge in [0.05, 0.1) is 6.61 Å². The Balaban J connectivity index is 4.34. The van der Waals surface area contributed by atoms with Gasteiger partial charge in [0.15, 0.2) is 6.10 Å². The number of esters is 2. The average molecular weight is 1030 g/mol. The fourth-order valence-electron chi connectivity index (χ4n) is 8.86. The number of ether oxygens (including phenoxy) is 3. The molecule has 0 aliphatic carbocycles. The molecule has 0 fully saturated rings. The maximum absolute atomic E-state index is 12.9. The minimum atomic E-state index is -0.556. The van der Waals surface area contributed by atoms with E-state index in [1.165, 1.54) is 173 Å². The van der Waals surface area contributed by atoms with E-state index < -0.39 is 6.10 Å². The molecule has 0 aliphatic rings. The third-order valence-electron chi connectivity index (χ3n) is 13.6. The number of carbonyl (C=O) groups excluding carboxylic acids is 2. The van der Waals surface area contributed by atoms with E-state index in [1.807, 2.05) is 0 Å². The van der Waals surface area contributed by atoms with Gasteiger partial charge in [0.2, 0.25) is 0 Å². The van der Waals surface area contributed by atoms with Crippen molar-refractivity contribution in [2.24, 2.45) is 0 Å². The van der Waals surface area contributed by atoms with Crippen molar-refractivity contribution >= 4 is 11.9 Å². The summed E-state index contributed by atoms with van der Waals surface area (Å²) in [5, 5.41) is 0. The molecule has 5 nitrogen and oxygen atoms in total. The number of unbranched alkanes of at least 4 members (excludes halogenated alkanes) is 31. The van der Waals surface area contributed by atoms with Gasteiger partial charge in [0.25, 0.3) is 0 Å². The smallest absolute Gasteiger partial charge is 0.306 e. The maximum Gasteiger partial charge on any atom is 0.306 e. The Kier molecular flexibility index (Phi) is 61.4. The monoisotopic (exact) mass is 1030 g/mol. The van der Waals surface area contributed by atoms with Crippen LogP contribution in [0.2, 0.25) is 0 Å². The SMILES string of the molecule is CC/C=C\C/C=C\C/C=C\C/C=C\CCCCCCCCC(=O)OCC(COCCCCCCCCC/C=C\C/C=C\C/C=C\CCCCC)OC(=O)CCCCCCCCCCC/C=C\CCCCCCCC. The second-order valence-electron chi connectivity index (χ2n) is 20.9. The first-order valence-corrected chi connectivity index (χ1v) is 31.8. The standard InChI is InChI=1S/C69H120O5/c1-4-7-10-13-16-19-22-25-28-31-34-37-40-43-46-49-52-55-58-61-64-72-65-67(74-69(71)63-60-57-54-51-48-45-42-39-36-33-30-27-24-21-18-15-12-9-6-3)66-73-68(70)62-59-56-53-50-47-44-41-38-35-32-29-26-23-20-17-14-11-8-5-2/h8,11,16-17,19-20,25-30,34-35,37-38,67H,4-7,9-10,12-15,18,21-24,31-33,36,39-66H2,1-3H3/b11-8-,19-16-,20-17-,28-25-,29-26-,30-27-,37-34-,38-35-. The molecule has 0 heterocycles. The third-order valence-corrected chi connectivity index (χ3v) is 13.6. The molecule has 0 aromatic carbocycles. The zero-order valence-electron chi connectivity index (χ0n) is 49.1. The molecule has 0 radical (unpaired) electrons. The Labute approximate surface area is 460 Å². The average Bonchev–Trinajstić information content (AvgIpc) is 3.40. The van der Waals surface area contributed by atoms with E-state index in [4.69, 9.17) is 14.2 Å². The van der Waals surface area contributed by atoms with Gasteiger partial charge in [0.1, 0.15) is 6.61 Å². The third kappa shape index (κ3) is 61.4. The van der Waals surface area contributed by atoms with Crippen LogP contribution in [-0.2, 0) is 23.8 Å². The minimum absolute atomic E-state index is 0.0695. The molecule has 1 atom stereocenters. The molecule has 426 valence electrons. The molecular weight excluding hydrogens is 909 g/mol. The first kappa shape index (κ1) is 70.8. The first-order valence-electron chi connectivity index (χ1n) is 31.8. The fourth-order valence-corrected chi connectivity index (χ4v) is 8.86. The molecule has 0 aliphatic heterocycles. The van der Waals surface area contributed by atoms with Crippen LogP contribution in [0.25, 0.3) is 0 Å². The van der Waals surface area contributed by atoms with Crippen LogP contribution in [0.1, 0.15) is 303 Å². The highest BCUT2D eigenvalue weighted by molar-refractivity contribution is 5.70. The molecule has 0 amide bonds. The molecule has 0 saturated heterocycles. The van der Waals surface area contributed by atoms with Crippen molar-refractivity contribution < 1.29 is 23.8 Å². The Morgan fingerprint density at radius 1 is 0.311 bits per heavy atom. The maximum atomic E-state index is 12.9. The molecule has 0 aromatic heterocycles.